The van der Waals surface area contributed by atoms with Gasteiger partial charge in [-0.3, -0.25) is 9.90 Å². The number of β-lactam (4-membered cyclic amide) rings is 1. The fourth-order valence-corrected chi connectivity index (χ4v) is 5.57. The number of thioether (sulfide) groups is 2. The molecule has 1 amide bonds. The quantitative estimate of drug-likeness (QED) is 0.394. The normalized spacial score (nSPS) is 21.3. The first-order valence-corrected chi connectivity index (χ1v) is 12.0. The standard InChI is InChI=1S/C24H21FNO3S2/c1-30-20-12-2-15(3-13-20)21(28)14-31-22-23(29)26-24(22,16-4-8-18(25)9-5-16)17-6-10-19(27)11-7-17/h2-13,21-22,28H,14H2,1H3,(H,26,29)/t21?,22-,24-/m0/s1. The SMILES string of the molecule is CSc1ccc(C(O)CS[C@H]2C(=O)N[C@]2(c2ccc([O])cc2)c2ccc(F)cc2)cc1. The minimum atomic E-state index is -0.897. The van der Waals surface area contributed by atoms with E-state index in [2.05, 4.69) is 5.32 Å². The highest BCUT2D eigenvalue weighted by Crippen LogP contribution is 2.46. The van der Waals surface area contributed by atoms with E-state index in [0.717, 1.165) is 21.6 Å². The number of aliphatic hydroxyl groups is 1. The minimum Gasteiger partial charge on any atom is -0.388 e. The summed E-state index contributed by atoms with van der Waals surface area (Å²) < 4.78 is 13.6. The molecule has 1 fully saturated rings. The molecule has 0 aliphatic carbocycles. The first-order valence-electron chi connectivity index (χ1n) is 9.73. The summed E-state index contributed by atoms with van der Waals surface area (Å²) in [5, 5.41) is 24.8. The van der Waals surface area contributed by atoms with Crippen LogP contribution in [0.3, 0.4) is 0 Å². The molecule has 1 saturated heterocycles. The second kappa shape index (κ2) is 8.94. The van der Waals surface area contributed by atoms with Crippen LogP contribution in [-0.4, -0.2) is 28.3 Å². The van der Waals surface area contributed by atoms with Gasteiger partial charge in [0, 0.05) is 10.6 Å². The molecule has 0 spiro atoms. The van der Waals surface area contributed by atoms with Crippen molar-refractivity contribution in [3.05, 3.63) is 95.3 Å². The third-order valence-electron chi connectivity index (χ3n) is 5.48. The van der Waals surface area contributed by atoms with Crippen molar-refractivity contribution >= 4 is 29.4 Å². The maximum atomic E-state index is 13.6. The van der Waals surface area contributed by atoms with Crippen molar-refractivity contribution in [3.8, 4) is 5.75 Å². The molecule has 2 N–H and O–H groups in total. The lowest BCUT2D eigenvalue weighted by Crippen LogP contribution is -2.69. The Bertz CT molecular complexity index is 1010. The number of amides is 1. The smallest absolute Gasteiger partial charge is 0.237 e. The van der Waals surface area contributed by atoms with E-state index in [1.54, 1.807) is 36.0 Å². The first kappa shape index (κ1) is 21.7. The average Bonchev–Trinajstić information content (AvgIpc) is 2.78. The zero-order valence-electron chi connectivity index (χ0n) is 16.7. The van der Waals surface area contributed by atoms with E-state index in [-0.39, 0.29) is 17.5 Å². The van der Waals surface area contributed by atoms with Crippen molar-refractivity contribution in [2.24, 2.45) is 0 Å². The van der Waals surface area contributed by atoms with Gasteiger partial charge in [0.2, 0.25) is 5.91 Å². The largest absolute Gasteiger partial charge is 0.388 e. The van der Waals surface area contributed by atoms with Crippen molar-refractivity contribution in [1.29, 1.82) is 0 Å². The molecule has 31 heavy (non-hydrogen) atoms. The molecule has 3 aromatic carbocycles. The van der Waals surface area contributed by atoms with E-state index in [1.165, 1.54) is 36.0 Å². The van der Waals surface area contributed by atoms with Gasteiger partial charge in [0.1, 0.15) is 16.6 Å². The lowest BCUT2D eigenvalue weighted by atomic mass is 9.74. The first-order chi connectivity index (χ1) is 14.9. The monoisotopic (exact) mass is 454 g/mol. The van der Waals surface area contributed by atoms with Gasteiger partial charge in [-0.1, -0.05) is 36.4 Å². The molecular formula is C24H21FNO3S2. The third-order valence-corrected chi connectivity index (χ3v) is 7.64. The van der Waals surface area contributed by atoms with Crippen LogP contribution in [0.1, 0.15) is 22.8 Å². The molecule has 0 aromatic heterocycles. The number of carbonyl (C=O) groups excluding carboxylic acids is 1. The Hall–Kier alpha value is -2.48. The fourth-order valence-electron chi connectivity index (χ4n) is 3.80. The fraction of sp³-hybridized carbons (Fsp3) is 0.208. The Balaban J connectivity index is 1.61. The lowest BCUT2D eigenvalue weighted by Gasteiger charge is -2.50. The van der Waals surface area contributed by atoms with Gasteiger partial charge in [-0.25, -0.2) is 4.39 Å². The lowest BCUT2D eigenvalue weighted by molar-refractivity contribution is -0.130. The highest BCUT2D eigenvalue weighted by Gasteiger charge is 2.56. The van der Waals surface area contributed by atoms with Gasteiger partial charge in [-0.2, -0.15) is 0 Å². The van der Waals surface area contributed by atoms with Gasteiger partial charge < -0.3 is 10.4 Å². The molecule has 7 heteroatoms. The zero-order valence-corrected chi connectivity index (χ0v) is 18.4. The molecule has 4 rings (SSSR count). The van der Waals surface area contributed by atoms with E-state index in [9.17, 15) is 19.4 Å². The summed E-state index contributed by atoms with van der Waals surface area (Å²) in [6.45, 7) is 0. The predicted molar refractivity (Wildman–Crippen MR) is 121 cm³/mol. The van der Waals surface area contributed by atoms with Crippen LogP contribution in [0.4, 0.5) is 4.39 Å². The highest BCUT2D eigenvalue weighted by atomic mass is 32.2. The van der Waals surface area contributed by atoms with Crippen molar-refractivity contribution < 1.29 is 19.4 Å². The summed E-state index contributed by atoms with van der Waals surface area (Å²) in [6.07, 6.45) is 1.26. The summed E-state index contributed by atoms with van der Waals surface area (Å²) in [4.78, 5) is 13.7. The molecule has 1 radical (unpaired) electrons. The predicted octanol–water partition coefficient (Wildman–Crippen LogP) is 4.90. The number of aliphatic hydroxyl groups excluding tert-OH is 1. The summed E-state index contributed by atoms with van der Waals surface area (Å²) >= 11 is 2.98. The zero-order chi connectivity index (χ0) is 22.0. The summed E-state index contributed by atoms with van der Waals surface area (Å²) in [6, 6.07) is 20.0. The van der Waals surface area contributed by atoms with Gasteiger partial charge in [0.05, 0.1) is 6.10 Å². The molecule has 1 unspecified atom stereocenters. The Kier molecular flexibility index (Phi) is 6.27. The Morgan fingerprint density at radius 1 is 1.00 bits per heavy atom. The summed E-state index contributed by atoms with van der Waals surface area (Å²) in [7, 11) is 0. The number of nitrogens with one attached hydrogen (secondary N) is 1. The second-order valence-corrected chi connectivity index (χ2v) is 9.35. The Morgan fingerprint density at radius 3 is 2.13 bits per heavy atom. The van der Waals surface area contributed by atoms with Crippen LogP contribution in [0.5, 0.6) is 5.75 Å². The van der Waals surface area contributed by atoms with E-state index >= 15 is 0 Å². The molecular weight excluding hydrogens is 433 g/mol. The van der Waals surface area contributed by atoms with Crippen LogP contribution < -0.4 is 5.32 Å². The molecule has 4 nitrogen and oxygen atoms in total. The van der Waals surface area contributed by atoms with Crippen LogP contribution in [0.2, 0.25) is 0 Å². The van der Waals surface area contributed by atoms with Gasteiger partial charge in [0.25, 0.3) is 0 Å². The number of benzene rings is 3. The highest BCUT2D eigenvalue weighted by molar-refractivity contribution is 8.00. The van der Waals surface area contributed by atoms with Crippen molar-refractivity contribution in [2.45, 2.75) is 21.8 Å². The van der Waals surface area contributed by atoms with Gasteiger partial charge in [-0.05, 0) is 59.3 Å². The molecule has 1 heterocycles. The van der Waals surface area contributed by atoms with Gasteiger partial charge >= 0.3 is 0 Å². The van der Waals surface area contributed by atoms with Crippen LogP contribution >= 0.6 is 23.5 Å². The Labute approximate surface area is 188 Å². The topological polar surface area (TPSA) is 69.2 Å². The van der Waals surface area contributed by atoms with Crippen LogP contribution in [0.25, 0.3) is 0 Å². The molecule has 1 aliphatic heterocycles. The van der Waals surface area contributed by atoms with Crippen LogP contribution in [0, 0.1) is 5.82 Å². The molecule has 3 aromatic rings. The number of rotatable bonds is 7. The number of carbonyl (C=O) groups is 1. The Morgan fingerprint density at radius 2 is 1.58 bits per heavy atom. The second-order valence-electron chi connectivity index (χ2n) is 7.33. The van der Waals surface area contributed by atoms with Crippen molar-refractivity contribution in [1.82, 2.24) is 5.32 Å². The van der Waals surface area contributed by atoms with E-state index in [1.807, 2.05) is 30.5 Å². The third kappa shape index (κ3) is 4.18. The average molecular weight is 455 g/mol. The minimum absolute atomic E-state index is 0.128. The van der Waals surface area contributed by atoms with Crippen molar-refractivity contribution in [2.75, 3.05) is 12.0 Å². The molecule has 0 saturated carbocycles. The molecule has 0 bridgehead atoms. The maximum absolute atomic E-state index is 13.6. The summed E-state index contributed by atoms with van der Waals surface area (Å²) in [5.41, 5.74) is 1.36. The van der Waals surface area contributed by atoms with Gasteiger partial charge in [-0.15, -0.1) is 23.5 Å². The van der Waals surface area contributed by atoms with E-state index in [0.29, 0.717) is 5.75 Å². The number of halogens is 1. The molecule has 1 aliphatic rings. The van der Waals surface area contributed by atoms with Crippen molar-refractivity contribution in [3.63, 3.8) is 0 Å². The maximum Gasteiger partial charge on any atom is 0.237 e. The number of hydrogen-bond donors (Lipinski definition) is 2. The van der Waals surface area contributed by atoms with Crippen LogP contribution in [-0.2, 0) is 15.4 Å². The summed E-state index contributed by atoms with van der Waals surface area (Å²) in [5.74, 6) is -0.338. The van der Waals surface area contributed by atoms with Crippen LogP contribution in [0.15, 0.2) is 77.7 Å². The van der Waals surface area contributed by atoms with E-state index in [4.69, 9.17) is 0 Å². The van der Waals surface area contributed by atoms with E-state index < -0.39 is 16.9 Å². The number of hydrogen-bond acceptors (Lipinski definition) is 4. The molecule has 159 valence electrons. The molecule has 3 atom stereocenters. The van der Waals surface area contributed by atoms with Gasteiger partial charge in [0.15, 0.2) is 5.75 Å².